The van der Waals surface area contributed by atoms with Gasteiger partial charge >= 0.3 is 0 Å². The van der Waals surface area contributed by atoms with E-state index in [1.807, 2.05) is 36.4 Å². The summed E-state index contributed by atoms with van der Waals surface area (Å²) in [4.78, 5) is 0. The number of methoxy groups -OCH3 is 1. The smallest absolute Gasteiger partial charge is 0.180 e. The van der Waals surface area contributed by atoms with Crippen molar-refractivity contribution in [3.05, 3.63) is 86.8 Å². The Hall–Kier alpha value is -2.17. The summed E-state index contributed by atoms with van der Waals surface area (Å²) in [5.74, 6) is 1.19. The molecule has 3 aromatic rings. The topological polar surface area (TPSA) is 30.5 Å². The van der Waals surface area contributed by atoms with Gasteiger partial charge in [0, 0.05) is 16.7 Å². The lowest BCUT2D eigenvalue weighted by atomic mass is 10.1. The molecule has 0 atom stereocenters. The van der Waals surface area contributed by atoms with E-state index in [0.717, 1.165) is 27.7 Å². The van der Waals surface area contributed by atoms with Crippen LogP contribution in [0.2, 0.25) is 5.02 Å². The van der Waals surface area contributed by atoms with Crippen LogP contribution in [0.3, 0.4) is 0 Å². The van der Waals surface area contributed by atoms with Crippen molar-refractivity contribution >= 4 is 33.2 Å². The van der Waals surface area contributed by atoms with Crippen LogP contribution in [0.25, 0.3) is 0 Å². The molecule has 0 heterocycles. The number of benzene rings is 3. The summed E-state index contributed by atoms with van der Waals surface area (Å²) in [5.41, 5.74) is 4.48. The van der Waals surface area contributed by atoms with E-state index in [-0.39, 0.29) is 0 Å². The van der Waals surface area contributed by atoms with Crippen molar-refractivity contribution < 1.29 is 9.47 Å². The molecule has 1 N–H and O–H groups in total. The fourth-order valence-electron chi connectivity index (χ4n) is 2.81. The van der Waals surface area contributed by atoms with E-state index >= 15 is 0 Å². The maximum atomic E-state index is 6.49. The Kier molecular flexibility index (Phi) is 7.24. The van der Waals surface area contributed by atoms with Crippen LogP contribution in [0.15, 0.2) is 65.1 Å². The number of anilines is 1. The summed E-state index contributed by atoms with van der Waals surface area (Å²) in [7, 11) is 1.62. The van der Waals surface area contributed by atoms with Gasteiger partial charge in [-0.2, -0.15) is 0 Å². The molecule has 0 saturated carbocycles. The highest BCUT2D eigenvalue weighted by molar-refractivity contribution is 9.10. The summed E-state index contributed by atoms with van der Waals surface area (Å²) < 4.78 is 12.5. The number of aryl methyl sites for hydroxylation is 1. The van der Waals surface area contributed by atoms with Gasteiger partial charge < -0.3 is 14.8 Å². The number of hydrogen-bond donors (Lipinski definition) is 1. The van der Waals surface area contributed by atoms with Gasteiger partial charge in [0.05, 0.1) is 12.1 Å². The lowest BCUT2D eigenvalue weighted by molar-refractivity contribution is 0.284. The molecule has 5 heteroatoms. The quantitative estimate of drug-likeness (QED) is 0.398. The van der Waals surface area contributed by atoms with Crippen molar-refractivity contribution in [2.75, 3.05) is 12.4 Å². The van der Waals surface area contributed by atoms with E-state index in [1.54, 1.807) is 7.11 Å². The molecule has 0 saturated heterocycles. The first-order chi connectivity index (χ1) is 13.6. The molecule has 0 unspecified atom stereocenters. The maximum Gasteiger partial charge on any atom is 0.180 e. The van der Waals surface area contributed by atoms with E-state index in [0.29, 0.717) is 29.7 Å². The Morgan fingerprint density at radius 3 is 2.25 bits per heavy atom. The Balaban J connectivity index is 1.68. The second-order valence-electron chi connectivity index (χ2n) is 6.43. The molecule has 0 bridgehead atoms. The highest BCUT2D eigenvalue weighted by atomic mass is 79.9. The number of rotatable bonds is 8. The maximum absolute atomic E-state index is 6.49. The average molecular weight is 461 g/mol. The number of ether oxygens (including phenoxy) is 2. The van der Waals surface area contributed by atoms with Crippen LogP contribution in [-0.4, -0.2) is 7.11 Å². The summed E-state index contributed by atoms with van der Waals surface area (Å²) in [5, 5.41) is 3.95. The van der Waals surface area contributed by atoms with E-state index in [4.69, 9.17) is 21.1 Å². The van der Waals surface area contributed by atoms with E-state index < -0.39 is 0 Å². The summed E-state index contributed by atoms with van der Waals surface area (Å²) in [6.07, 6.45) is 1.04. The first kappa shape index (κ1) is 20.6. The zero-order valence-electron chi connectivity index (χ0n) is 16.0. The largest absolute Gasteiger partial charge is 0.493 e. The molecule has 0 aliphatic rings. The number of nitrogens with one attached hydrogen (secondary N) is 1. The third-order valence-electron chi connectivity index (χ3n) is 4.44. The van der Waals surface area contributed by atoms with Crippen molar-refractivity contribution in [1.82, 2.24) is 0 Å². The van der Waals surface area contributed by atoms with Gasteiger partial charge in [-0.05, 0) is 59.5 Å². The molecule has 3 nitrogen and oxygen atoms in total. The van der Waals surface area contributed by atoms with E-state index in [1.165, 1.54) is 5.56 Å². The van der Waals surface area contributed by atoms with Gasteiger partial charge in [0.2, 0.25) is 0 Å². The SMILES string of the molecule is CCc1ccc(NCc2cc(Cl)c(OCc3ccc(Br)cc3)c(OC)c2)cc1. The molecule has 0 radical (unpaired) electrons. The van der Waals surface area contributed by atoms with Crippen LogP contribution in [-0.2, 0) is 19.6 Å². The molecular formula is C23H23BrClNO2. The second kappa shape index (κ2) is 9.85. The predicted molar refractivity (Wildman–Crippen MR) is 120 cm³/mol. The van der Waals surface area contributed by atoms with Crippen molar-refractivity contribution in [2.45, 2.75) is 26.5 Å². The molecule has 3 aromatic carbocycles. The molecule has 0 aliphatic carbocycles. The Morgan fingerprint density at radius 2 is 1.61 bits per heavy atom. The lowest BCUT2D eigenvalue weighted by Gasteiger charge is -2.15. The monoisotopic (exact) mass is 459 g/mol. The molecule has 146 valence electrons. The van der Waals surface area contributed by atoms with Crippen molar-refractivity contribution in [3.63, 3.8) is 0 Å². The summed E-state index contributed by atoms with van der Waals surface area (Å²) >= 11 is 9.92. The van der Waals surface area contributed by atoms with Crippen LogP contribution in [0.1, 0.15) is 23.6 Å². The van der Waals surface area contributed by atoms with Crippen LogP contribution in [0.5, 0.6) is 11.5 Å². The van der Waals surface area contributed by atoms with Gasteiger partial charge in [-0.15, -0.1) is 0 Å². The van der Waals surface area contributed by atoms with Crippen LogP contribution < -0.4 is 14.8 Å². The Morgan fingerprint density at radius 1 is 0.929 bits per heavy atom. The highest BCUT2D eigenvalue weighted by Gasteiger charge is 2.12. The van der Waals surface area contributed by atoms with Gasteiger partial charge in [-0.3, -0.25) is 0 Å². The molecule has 0 amide bonds. The fourth-order valence-corrected chi connectivity index (χ4v) is 3.37. The first-order valence-electron chi connectivity index (χ1n) is 9.15. The second-order valence-corrected chi connectivity index (χ2v) is 7.75. The zero-order chi connectivity index (χ0) is 19.9. The predicted octanol–water partition coefficient (Wildman–Crippen LogP) is 6.86. The van der Waals surface area contributed by atoms with Crippen LogP contribution in [0.4, 0.5) is 5.69 Å². The normalized spacial score (nSPS) is 10.6. The summed E-state index contributed by atoms with van der Waals surface area (Å²) in [6.45, 7) is 3.22. The minimum absolute atomic E-state index is 0.421. The minimum Gasteiger partial charge on any atom is -0.493 e. The van der Waals surface area contributed by atoms with E-state index in [2.05, 4.69) is 52.4 Å². The van der Waals surface area contributed by atoms with Gasteiger partial charge in [-0.25, -0.2) is 0 Å². The van der Waals surface area contributed by atoms with Crippen molar-refractivity contribution in [1.29, 1.82) is 0 Å². The van der Waals surface area contributed by atoms with Gasteiger partial charge in [0.25, 0.3) is 0 Å². The van der Waals surface area contributed by atoms with Crippen LogP contribution in [0, 0.1) is 0 Å². The Bertz CT molecular complexity index is 911. The lowest BCUT2D eigenvalue weighted by Crippen LogP contribution is -2.02. The third-order valence-corrected chi connectivity index (χ3v) is 5.25. The fraction of sp³-hybridized carbons (Fsp3) is 0.217. The average Bonchev–Trinajstić information content (AvgIpc) is 2.72. The van der Waals surface area contributed by atoms with Gasteiger partial charge in [0.1, 0.15) is 6.61 Å². The van der Waals surface area contributed by atoms with Crippen LogP contribution >= 0.6 is 27.5 Å². The van der Waals surface area contributed by atoms with E-state index in [9.17, 15) is 0 Å². The third kappa shape index (κ3) is 5.43. The molecule has 28 heavy (non-hydrogen) atoms. The summed E-state index contributed by atoms with van der Waals surface area (Å²) in [6, 6.07) is 20.3. The molecule has 0 fully saturated rings. The molecule has 0 spiro atoms. The molecular weight excluding hydrogens is 438 g/mol. The van der Waals surface area contributed by atoms with Gasteiger partial charge in [0.15, 0.2) is 11.5 Å². The standard InChI is InChI=1S/C23H23BrClNO2/c1-3-16-6-10-20(11-7-16)26-14-18-12-21(25)23(22(13-18)27-2)28-15-17-4-8-19(24)9-5-17/h4-13,26H,3,14-15H2,1-2H3. The highest BCUT2D eigenvalue weighted by Crippen LogP contribution is 2.37. The number of halogens is 2. The van der Waals surface area contributed by atoms with Crippen molar-refractivity contribution in [2.24, 2.45) is 0 Å². The van der Waals surface area contributed by atoms with Gasteiger partial charge in [-0.1, -0.05) is 58.7 Å². The van der Waals surface area contributed by atoms with Crippen molar-refractivity contribution in [3.8, 4) is 11.5 Å². The number of hydrogen-bond acceptors (Lipinski definition) is 3. The minimum atomic E-state index is 0.421. The molecule has 0 aliphatic heterocycles. The molecule has 3 rings (SSSR count). The molecule has 0 aromatic heterocycles. The zero-order valence-corrected chi connectivity index (χ0v) is 18.3. The Labute approximate surface area is 179 Å². The first-order valence-corrected chi connectivity index (χ1v) is 10.3.